The van der Waals surface area contributed by atoms with Gasteiger partial charge in [0.2, 0.25) is 0 Å². The van der Waals surface area contributed by atoms with Crippen LogP contribution in [0.15, 0.2) is 42.9 Å². The molecule has 3 aromatic rings. The molecule has 4 rings (SSSR count). The average Bonchev–Trinajstić information content (AvgIpc) is 3.01. The van der Waals surface area contributed by atoms with E-state index in [1.807, 2.05) is 16.7 Å². The Morgan fingerprint density at radius 2 is 2.00 bits per heavy atom. The fourth-order valence-corrected chi connectivity index (χ4v) is 3.01. The zero-order valence-corrected chi connectivity index (χ0v) is 13.3. The number of hydrogen-bond acceptors (Lipinski definition) is 4. The van der Waals surface area contributed by atoms with Crippen molar-refractivity contribution in [2.75, 3.05) is 13.1 Å². The summed E-state index contributed by atoms with van der Waals surface area (Å²) in [6.45, 7) is 1.14. The summed E-state index contributed by atoms with van der Waals surface area (Å²) >= 11 is 5.92. The fourth-order valence-electron chi connectivity index (χ4n) is 2.68. The van der Waals surface area contributed by atoms with E-state index in [1.165, 1.54) is 0 Å². The lowest BCUT2D eigenvalue weighted by Crippen LogP contribution is -2.50. The third-order valence-electron chi connectivity index (χ3n) is 4.03. The maximum absolute atomic E-state index is 12.3. The molecule has 0 saturated carbocycles. The minimum atomic E-state index is -0.0748. The number of carbonyl (C=O) groups excluding carboxylic acids is 1. The van der Waals surface area contributed by atoms with Gasteiger partial charge in [-0.2, -0.15) is 5.26 Å². The molecule has 6 nitrogen and oxygen atoms in total. The summed E-state index contributed by atoms with van der Waals surface area (Å²) < 4.78 is 1.82. The van der Waals surface area contributed by atoms with E-state index >= 15 is 0 Å². The first kappa shape index (κ1) is 14.7. The first-order valence-electron chi connectivity index (χ1n) is 7.42. The average molecular weight is 338 g/mol. The van der Waals surface area contributed by atoms with Crippen molar-refractivity contribution in [2.45, 2.75) is 5.38 Å². The minimum absolute atomic E-state index is 0.0428. The second-order valence-electron chi connectivity index (χ2n) is 5.65. The predicted octanol–water partition coefficient (Wildman–Crippen LogP) is 2.36. The largest absolute Gasteiger partial charge is 0.335 e. The quantitative estimate of drug-likeness (QED) is 0.673. The number of benzene rings is 1. The highest BCUT2D eigenvalue weighted by molar-refractivity contribution is 6.22. The molecule has 0 atom stereocenters. The Hall–Kier alpha value is -2.91. The number of fused-ring (bicyclic) bond motifs is 1. The first-order chi connectivity index (χ1) is 11.7. The molecule has 1 fully saturated rings. The minimum Gasteiger partial charge on any atom is -0.335 e. The summed E-state index contributed by atoms with van der Waals surface area (Å²) in [6.07, 6.45) is 3.22. The molecule has 1 aromatic carbocycles. The topological polar surface area (TPSA) is 74.8 Å². The van der Waals surface area contributed by atoms with Crippen LogP contribution in [0.2, 0.25) is 0 Å². The molecule has 1 amide bonds. The Balaban J connectivity index is 1.67. The van der Waals surface area contributed by atoms with Gasteiger partial charge in [0.1, 0.15) is 11.8 Å². The number of amides is 1. The van der Waals surface area contributed by atoms with Gasteiger partial charge >= 0.3 is 0 Å². The second kappa shape index (κ2) is 5.62. The van der Waals surface area contributed by atoms with E-state index in [2.05, 4.69) is 16.0 Å². The molecule has 1 aliphatic rings. The van der Waals surface area contributed by atoms with Crippen LogP contribution in [0.25, 0.3) is 16.9 Å². The van der Waals surface area contributed by atoms with Crippen LogP contribution < -0.4 is 0 Å². The summed E-state index contributed by atoms with van der Waals surface area (Å²) in [5.41, 5.74) is 3.27. The van der Waals surface area contributed by atoms with Gasteiger partial charge in [-0.3, -0.25) is 9.36 Å². The lowest BCUT2D eigenvalue weighted by molar-refractivity contribution is 0.0659. The Bertz CT molecular complexity index is 967. The molecule has 1 saturated heterocycles. The van der Waals surface area contributed by atoms with Crippen LogP contribution in [0.3, 0.4) is 0 Å². The summed E-state index contributed by atoms with van der Waals surface area (Å²) in [6, 6.07) is 11.0. The van der Waals surface area contributed by atoms with E-state index in [9.17, 15) is 4.79 Å². The maximum atomic E-state index is 12.3. The molecule has 0 bridgehead atoms. The molecular weight excluding hydrogens is 326 g/mol. The summed E-state index contributed by atoms with van der Waals surface area (Å²) in [5, 5.41) is 8.92. The van der Waals surface area contributed by atoms with Crippen LogP contribution in [0, 0.1) is 11.3 Å². The van der Waals surface area contributed by atoms with E-state index < -0.39 is 0 Å². The fraction of sp³-hybridized carbons (Fsp3) is 0.176. The van der Waals surface area contributed by atoms with Gasteiger partial charge in [-0.15, -0.1) is 11.6 Å². The molecular formula is C17H12ClN5O. The SMILES string of the molecule is N#Cc1ccc(-n2cnc3cc(C(=O)N4CC(Cl)C4)cnc32)cc1. The zero-order valence-electron chi connectivity index (χ0n) is 12.6. The number of rotatable bonds is 2. The Labute approximate surface area is 142 Å². The lowest BCUT2D eigenvalue weighted by Gasteiger charge is -2.35. The highest BCUT2D eigenvalue weighted by atomic mass is 35.5. The number of halogens is 1. The number of carbonyl (C=O) groups is 1. The Morgan fingerprint density at radius 1 is 1.25 bits per heavy atom. The summed E-state index contributed by atoms with van der Waals surface area (Å²) in [7, 11) is 0. The van der Waals surface area contributed by atoms with Crippen LogP contribution >= 0.6 is 11.6 Å². The van der Waals surface area contributed by atoms with E-state index in [1.54, 1.807) is 35.6 Å². The molecule has 0 unspecified atom stereocenters. The maximum Gasteiger partial charge on any atom is 0.255 e. The Kier molecular flexibility index (Phi) is 3.44. The highest BCUT2D eigenvalue weighted by Gasteiger charge is 2.29. The van der Waals surface area contributed by atoms with Crippen molar-refractivity contribution in [1.29, 1.82) is 5.26 Å². The Morgan fingerprint density at radius 3 is 2.67 bits per heavy atom. The van der Waals surface area contributed by atoms with Crippen LogP contribution in [0.1, 0.15) is 15.9 Å². The van der Waals surface area contributed by atoms with Gasteiger partial charge < -0.3 is 4.90 Å². The van der Waals surface area contributed by atoms with E-state index in [0.717, 1.165) is 5.69 Å². The first-order valence-corrected chi connectivity index (χ1v) is 7.86. The number of pyridine rings is 1. The lowest BCUT2D eigenvalue weighted by atomic mass is 10.1. The van der Waals surface area contributed by atoms with Gasteiger partial charge in [-0.05, 0) is 30.3 Å². The van der Waals surface area contributed by atoms with E-state index in [-0.39, 0.29) is 11.3 Å². The van der Waals surface area contributed by atoms with Crippen molar-refractivity contribution in [3.8, 4) is 11.8 Å². The molecule has 0 spiro atoms. The summed E-state index contributed by atoms with van der Waals surface area (Å²) in [4.78, 5) is 22.8. The summed E-state index contributed by atoms with van der Waals surface area (Å²) in [5.74, 6) is -0.0748. The van der Waals surface area contributed by atoms with Crippen molar-refractivity contribution in [3.63, 3.8) is 0 Å². The van der Waals surface area contributed by atoms with Gasteiger partial charge in [0.25, 0.3) is 5.91 Å². The molecule has 7 heteroatoms. The van der Waals surface area contributed by atoms with Crippen molar-refractivity contribution >= 4 is 28.7 Å². The number of likely N-dealkylation sites (tertiary alicyclic amines) is 1. The zero-order chi connectivity index (χ0) is 16.7. The number of aromatic nitrogens is 3. The molecule has 0 aliphatic carbocycles. The van der Waals surface area contributed by atoms with Gasteiger partial charge in [-0.25, -0.2) is 9.97 Å². The smallest absolute Gasteiger partial charge is 0.255 e. The van der Waals surface area contributed by atoms with Crippen LogP contribution in [-0.4, -0.2) is 43.8 Å². The molecule has 3 heterocycles. The molecule has 0 radical (unpaired) electrons. The van der Waals surface area contributed by atoms with Crippen LogP contribution in [0.5, 0.6) is 0 Å². The number of nitriles is 1. The number of alkyl halides is 1. The molecule has 118 valence electrons. The van der Waals surface area contributed by atoms with E-state index in [0.29, 0.717) is 35.4 Å². The highest BCUT2D eigenvalue weighted by Crippen LogP contribution is 2.21. The molecule has 2 aromatic heterocycles. The number of imidazole rings is 1. The van der Waals surface area contributed by atoms with Gasteiger partial charge in [0.15, 0.2) is 5.65 Å². The number of hydrogen-bond donors (Lipinski definition) is 0. The van der Waals surface area contributed by atoms with Crippen LogP contribution in [-0.2, 0) is 0 Å². The monoisotopic (exact) mass is 337 g/mol. The molecule has 0 N–H and O–H groups in total. The van der Waals surface area contributed by atoms with Gasteiger partial charge in [0.05, 0.1) is 22.6 Å². The predicted molar refractivity (Wildman–Crippen MR) is 89.1 cm³/mol. The van der Waals surface area contributed by atoms with Gasteiger partial charge in [-0.1, -0.05) is 0 Å². The normalized spacial score (nSPS) is 14.4. The van der Waals surface area contributed by atoms with Crippen molar-refractivity contribution in [1.82, 2.24) is 19.4 Å². The third kappa shape index (κ3) is 2.39. The third-order valence-corrected chi connectivity index (χ3v) is 4.31. The molecule has 1 aliphatic heterocycles. The van der Waals surface area contributed by atoms with Crippen molar-refractivity contribution in [3.05, 3.63) is 54.0 Å². The molecule has 24 heavy (non-hydrogen) atoms. The van der Waals surface area contributed by atoms with Gasteiger partial charge in [0, 0.05) is 25.0 Å². The van der Waals surface area contributed by atoms with Crippen molar-refractivity contribution < 1.29 is 4.79 Å². The standard InChI is InChI=1S/C17H12ClN5O/c18-13-8-22(9-13)17(24)12-5-15-16(20-7-12)23(10-21-15)14-3-1-11(6-19)2-4-14/h1-5,7,10,13H,8-9H2. The van der Waals surface area contributed by atoms with Crippen molar-refractivity contribution in [2.24, 2.45) is 0 Å². The van der Waals surface area contributed by atoms with E-state index in [4.69, 9.17) is 16.9 Å². The second-order valence-corrected chi connectivity index (χ2v) is 6.26. The number of nitrogens with zero attached hydrogens (tertiary/aromatic N) is 5. The van der Waals surface area contributed by atoms with Crippen LogP contribution in [0.4, 0.5) is 0 Å².